The molecule has 0 bridgehead atoms. The lowest BCUT2D eigenvalue weighted by atomic mass is 9.86. The van der Waals surface area contributed by atoms with Crippen molar-refractivity contribution in [2.75, 3.05) is 13.6 Å². The van der Waals surface area contributed by atoms with Gasteiger partial charge in [0.2, 0.25) is 0 Å². The number of aromatic nitrogens is 2. The van der Waals surface area contributed by atoms with Crippen molar-refractivity contribution in [3.63, 3.8) is 0 Å². The maximum absolute atomic E-state index is 4.34. The lowest BCUT2D eigenvalue weighted by Gasteiger charge is -2.32. The molecule has 1 unspecified atom stereocenters. The molecule has 0 aliphatic carbocycles. The maximum Gasteiger partial charge on any atom is 0.116 e. The zero-order valence-electron chi connectivity index (χ0n) is 16.7. The molecule has 1 aliphatic rings. The fourth-order valence-corrected chi connectivity index (χ4v) is 5.78. The smallest absolute Gasteiger partial charge is 0.116 e. The molecule has 1 aliphatic heterocycles. The average Bonchev–Trinajstić information content (AvgIpc) is 3.22. The summed E-state index contributed by atoms with van der Waals surface area (Å²) in [5, 5.41) is 2.43. The van der Waals surface area contributed by atoms with Gasteiger partial charge in [-0.3, -0.25) is 0 Å². The Kier molecular flexibility index (Phi) is 4.15. The van der Waals surface area contributed by atoms with Crippen molar-refractivity contribution >= 4 is 32.3 Å². The minimum Gasteiger partial charge on any atom is -0.301 e. The van der Waals surface area contributed by atoms with Gasteiger partial charge in [-0.05, 0) is 65.0 Å². The van der Waals surface area contributed by atoms with E-state index in [9.17, 15) is 0 Å². The average molecular weight is 408 g/mol. The summed E-state index contributed by atoms with van der Waals surface area (Å²) in [4.78, 5) is 12.4. The van der Waals surface area contributed by atoms with Crippen molar-refractivity contribution in [1.82, 2.24) is 14.9 Å². The first kappa shape index (κ1) is 17.8. The number of benzene rings is 3. The quantitative estimate of drug-likeness (QED) is 0.355. The molecule has 2 aromatic heterocycles. The lowest BCUT2D eigenvalue weighted by Crippen LogP contribution is -2.30. The van der Waals surface area contributed by atoms with Crippen LogP contribution in [-0.4, -0.2) is 28.5 Å². The molecule has 0 N–H and O–H groups in total. The fourth-order valence-electron chi connectivity index (χ4n) is 4.61. The summed E-state index contributed by atoms with van der Waals surface area (Å²) < 4.78 is 1.37. The van der Waals surface area contributed by atoms with E-state index in [0.717, 1.165) is 24.0 Å². The molecule has 3 heterocycles. The van der Waals surface area contributed by atoms with Gasteiger partial charge < -0.3 is 4.90 Å². The standard InChI is InChI=1S/C26H21N3S/c1-29-14-21-11-17(18-7-9-24-20(10-18)13-27-16-28-24)6-8-22(21)23(15-29)26-12-19-4-2-3-5-25(19)30-26/h2-13,16,23H,14-15H2,1H3. The zero-order valence-corrected chi connectivity index (χ0v) is 17.6. The summed E-state index contributed by atoms with van der Waals surface area (Å²) in [6.07, 6.45) is 3.49. The molecule has 6 rings (SSSR count). The van der Waals surface area contributed by atoms with Crippen LogP contribution in [0.25, 0.3) is 32.1 Å². The highest BCUT2D eigenvalue weighted by Crippen LogP contribution is 2.40. The molecule has 0 saturated carbocycles. The predicted octanol–water partition coefficient (Wildman–Crippen LogP) is 6.09. The molecule has 4 heteroatoms. The first-order valence-electron chi connectivity index (χ1n) is 10.2. The molecule has 146 valence electrons. The molecule has 0 spiro atoms. The van der Waals surface area contributed by atoms with E-state index in [1.165, 1.54) is 37.2 Å². The molecular formula is C26H21N3S. The largest absolute Gasteiger partial charge is 0.301 e. The predicted molar refractivity (Wildman–Crippen MR) is 125 cm³/mol. The van der Waals surface area contributed by atoms with Gasteiger partial charge >= 0.3 is 0 Å². The molecule has 0 radical (unpaired) electrons. The molecule has 0 fully saturated rings. The van der Waals surface area contributed by atoms with Gasteiger partial charge in [0.25, 0.3) is 0 Å². The van der Waals surface area contributed by atoms with E-state index in [4.69, 9.17) is 0 Å². The zero-order chi connectivity index (χ0) is 20.1. The number of fused-ring (bicyclic) bond motifs is 3. The minimum absolute atomic E-state index is 0.426. The SMILES string of the molecule is CN1Cc2cc(-c3ccc4ncncc4c3)ccc2C(c2cc3ccccc3s2)C1. The molecule has 3 aromatic carbocycles. The summed E-state index contributed by atoms with van der Waals surface area (Å²) in [5.41, 5.74) is 6.34. The van der Waals surface area contributed by atoms with Crippen molar-refractivity contribution in [3.05, 3.63) is 95.3 Å². The highest BCUT2D eigenvalue weighted by Gasteiger charge is 2.26. The van der Waals surface area contributed by atoms with Crippen molar-refractivity contribution in [3.8, 4) is 11.1 Å². The fraction of sp³-hybridized carbons (Fsp3) is 0.154. The minimum atomic E-state index is 0.426. The first-order chi connectivity index (χ1) is 14.7. The Balaban J connectivity index is 1.43. The van der Waals surface area contributed by atoms with Crippen LogP contribution in [0.4, 0.5) is 0 Å². The van der Waals surface area contributed by atoms with Crippen molar-refractivity contribution < 1.29 is 0 Å². The first-order valence-corrected chi connectivity index (χ1v) is 11.1. The van der Waals surface area contributed by atoms with Gasteiger partial charge in [-0.25, -0.2) is 9.97 Å². The molecule has 30 heavy (non-hydrogen) atoms. The summed E-state index contributed by atoms with van der Waals surface area (Å²) in [5.74, 6) is 0.426. The van der Waals surface area contributed by atoms with E-state index in [1.54, 1.807) is 6.33 Å². The molecule has 0 saturated heterocycles. The van der Waals surface area contributed by atoms with Gasteiger partial charge in [0, 0.05) is 40.2 Å². The van der Waals surface area contributed by atoms with E-state index in [1.807, 2.05) is 17.5 Å². The number of hydrogen-bond donors (Lipinski definition) is 0. The van der Waals surface area contributed by atoms with Crippen molar-refractivity contribution in [2.45, 2.75) is 12.5 Å². The topological polar surface area (TPSA) is 29.0 Å². The number of nitrogens with zero attached hydrogens (tertiary/aromatic N) is 3. The van der Waals surface area contributed by atoms with E-state index in [2.05, 4.69) is 88.6 Å². The molecule has 5 aromatic rings. The van der Waals surface area contributed by atoms with Crippen LogP contribution in [0.2, 0.25) is 0 Å². The molecule has 3 nitrogen and oxygen atoms in total. The summed E-state index contributed by atoms with van der Waals surface area (Å²) in [7, 11) is 2.23. The summed E-state index contributed by atoms with van der Waals surface area (Å²) in [6.45, 7) is 2.05. The third-order valence-electron chi connectivity index (χ3n) is 6.08. The second-order valence-electron chi connectivity index (χ2n) is 8.15. The summed E-state index contributed by atoms with van der Waals surface area (Å²) in [6, 6.07) is 24.5. The second-order valence-corrected chi connectivity index (χ2v) is 9.26. The van der Waals surface area contributed by atoms with Crippen LogP contribution in [-0.2, 0) is 6.54 Å². The van der Waals surface area contributed by atoms with Crippen LogP contribution < -0.4 is 0 Å². The van der Waals surface area contributed by atoms with Gasteiger partial charge in [0.15, 0.2) is 0 Å². The van der Waals surface area contributed by atoms with E-state index in [0.29, 0.717) is 5.92 Å². The Bertz CT molecular complexity index is 1350. The van der Waals surface area contributed by atoms with Gasteiger partial charge in [-0.15, -0.1) is 11.3 Å². The van der Waals surface area contributed by atoms with Crippen LogP contribution in [0.15, 0.2) is 79.3 Å². The number of rotatable bonds is 2. The van der Waals surface area contributed by atoms with E-state index < -0.39 is 0 Å². The second kappa shape index (κ2) is 7.01. The van der Waals surface area contributed by atoms with Crippen LogP contribution in [0.1, 0.15) is 21.9 Å². The Morgan fingerprint density at radius 2 is 1.80 bits per heavy atom. The summed E-state index contributed by atoms with van der Waals surface area (Å²) >= 11 is 1.93. The molecule has 0 amide bonds. The Morgan fingerprint density at radius 3 is 2.73 bits per heavy atom. The Labute approximate surface area is 179 Å². The Hall–Kier alpha value is -3.08. The van der Waals surface area contributed by atoms with Crippen molar-refractivity contribution in [1.29, 1.82) is 0 Å². The van der Waals surface area contributed by atoms with Crippen LogP contribution in [0.5, 0.6) is 0 Å². The van der Waals surface area contributed by atoms with Crippen molar-refractivity contribution in [2.24, 2.45) is 0 Å². The van der Waals surface area contributed by atoms with E-state index in [-0.39, 0.29) is 0 Å². The maximum atomic E-state index is 4.34. The highest BCUT2D eigenvalue weighted by molar-refractivity contribution is 7.19. The molecular weight excluding hydrogens is 386 g/mol. The normalized spacial score (nSPS) is 16.8. The van der Waals surface area contributed by atoms with E-state index >= 15 is 0 Å². The number of hydrogen-bond acceptors (Lipinski definition) is 4. The third kappa shape index (κ3) is 3.00. The van der Waals surface area contributed by atoms with Gasteiger partial charge in [0.05, 0.1) is 5.52 Å². The highest BCUT2D eigenvalue weighted by atomic mass is 32.1. The van der Waals surface area contributed by atoms with Gasteiger partial charge in [-0.2, -0.15) is 0 Å². The third-order valence-corrected chi connectivity index (χ3v) is 7.31. The molecule has 1 atom stereocenters. The van der Waals surface area contributed by atoms with Gasteiger partial charge in [0.1, 0.15) is 6.33 Å². The number of thiophene rings is 1. The monoisotopic (exact) mass is 407 g/mol. The van der Waals surface area contributed by atoms with Gasteiger partial charge in [-0.1, -0.05) is 36.4 Å². The Morgan fingerprint density at radius 1 is 0.933 bits per heavy atom. The lowest BCUT2D eigenvalue weighted by molar-refractivity contribution is 0.296. The number of likely N-dealkylation sites (N-methyl/N-ethyl adjacent to an activating group) is 1. The van der Waals surface area contributed by atoms with Crippen LogP contribution >= 0.6 is 11.3 Å². The van der Waals surface area contributed by atoms with Crippen LogP contribution in [0.3, 0.4) is 0 Å². The van der Waals surface area contributed by atoms with Crippen LogP contribution in [0, 0.1) is 0 Å².